The zero-order chi connectivity index (χ0) is 25.4. The van der Waals surface area contributed by atoms with E-state index in [0.717, 1.165) is 34.4 Å². The van der Waals surface area contributed by atoms with Crippen molar-refractivity contribution in [2.24, 2.45) is 0 Å². The number of likely N-dealkylation sites (N-methyl/N-ethyl adjacent to an activating group) is 1. The second-order valence-corrected chi connectivity index (χ2v) is 8.88. The number of fused-ring (bicyclic) bond motifs is 2. The second kappa shape index (κ2) is 9.40. The third-order valence-corrected chi connectivity index (χ3v) is 5.97. The van der Waals surface area contributed by atoms with Crippen molar-refractivity contribution < 1.29 is 9.13 Å². The maximum absolute atomic E-state index is 13.9. The fourth-order valence-corrected chi connectivity index (χ4v) is 4.12. The molecule has 0 saturated carbocycles. The minimum Gasteiger partial charge on any atom is -0.491 e. The molecule has 0 fully saturated rings. The zero-order valence-corrected chi connectivity index (χ0v) is 20.2. The first-order valence-corrected chi connectivity index (χ1v) is 11.7. The molecule has 0 aliphatic carbocycles. The van der Waals surface area contributed by atoms with Gasteiger partial charge in [0, 0.05) is 30.1 Å². The van der Waals surface area contributed by atoms with Gasteiger partial charge in [0.2, 0.25) is 0 Å². The number of hydrogen-bond donors (Lipinski definition) is 2. The highest BCUT2D eigenvalue weighted by Gasteiger charge is 2.18. The molecule has 5 heterocycles. The highest BCUT2D eigenvalue weighted by Crippen LogP contribution is 2.31. The number of halogens is 1. The zero-order valence-electron chi connectivity index (χ0n) is 20.2. The largest absolute Gasteiger partial charge is 0.491 e. The molecular formula is C27H23FN8O. The Balaban J connectivity index is 1.38. The lowest BCUT2D eigenvalue weighted by Crippen LogP contribution is -2.19. The Labute approximate surface area is 211 Å². The Bertz CT molecular complexity index is 1720. The molecule has 0 spiro atoms. The van der Waals surface area contributed by atoms with Gasteiger partial charge in [0.05, 0.1) is 17.4 Å². The van der Waals surface area contributed by atoms with Gasteiger partial charge >= 0.3 is 0 Å². The molecule has 10 heteroatoms. The van der Waals surface area contributed by atoms with Gasteiger partial charge in [-0.2, -0.15) is 5.10 Å². The molecule has 184 valence electrons. The van der Waals surface area contributed by atoms with E-state index in [0.29, 0.717) is 40.6 Å². The average Bonchev–Trinajstić information content (AvgIpc) is 3.52. The summed E-state index contributed by atoms with van der Waals surface area (Å²) >= 11 is 0. The van der Waals surface area contributed by atoms with E-state index >= 15 is 0 Å². The topological polar surface area (TPSA) is 109 Å². The summed E-state index contributed by atoms with van der Waals surface area (Å²) in [5.74, 6) is 0.887. The Morgan fingerprint density at radius 2 is 1.89 bits per heavy atom. The van der Waals surface area contributed by atoms with Crippen molar-refractivity contribution in [2.45, 2.75) is 0 Å². The van der Waals surface area contributed by atoms with Crippen LogP contribution in [0.1, 0.15) is 0 Å². The lowest BCUT2D eigenvalue weighted by Gasteiger charge is -2.11. The molecule has 2 N–H and O–H groups in total. The maximum Gasteiger partial charge on any atom is 0.162 e. The number of ether oxygens (including phenoxy) is 1. The van der Waals surface area contributed by atoms with E-state index in [-0.39, 0.29) is 5.82 Å². The minimum absolute atomic E-state index is 0.310. The summed E-state index contributed by atoms with van der Waals surface area (Å²) in [7, 11) is 4.00. The summed E-state index contributed by atoms with van der Waals surface area (Å²) in [5, 5.41) is 7.50. The molecule has 6 rings (SSSR count). The molecule has 0 bridgehead atoms. The van der Waals surface area contributed by atoms with E-state index in [1.807, 2.05) is 44.4 Å². The molecule has 9 nitrogen and oxygen atoms in total. The number of imidazole rings is 1. The van der Waals surface area contributed by atoms with Crippen LogP contribution < -0.4 is 4.74 Å². The average molecular weight is 495 g/mol. The standard InChI is InChI=1S/C27H23FN8O/c1-36(2)10-11-37-19-13-17(14-29-15-19)21-6-7-22-24(31-21)25(35-34-22)27-32-23-20(8-9-30-26(23)33-27)16-4-3-5-18(28)12-16/h3-9,12-15H,10-11H2,1-2H3,(H,34,35)(H,30,32,33). The molecule has 5 aromatic heterocycles. The van der Waals surface area contributed by atoms with Gasteiger partial charge in [-0.15, -0.1) is 0 Å². The third kappa shape index (κ3) is 4.50. The lowest BCUT2D eigenvalue weighted by molar-refractivity contribution is 0.261. The first kappa shape index (κ1) is 22.7. The van der Waals surface area contributed by atoms with E-state index in [1.165, 1.54) is 12.1 Å². The minimum atomic E-state index is -0.310. The summed E-state index contributed by atoms with van der Waals surface area (Å²) in [4.78, 5) is 23.7. The van der Waals surface area contributed by atoms with Crippen LogP contribution in [0.25, 0.3) is 56.1 Å². The van der Waals surface area contributed by atoms with Crippen LogP contribution in [0.15, 0.2) is 67.1 Å². The van der Waals surface area contributed by atoms with Gasteiger partial charge in [0.1, 0.15) is 29.2 Å². The van der Waals surface area contributed by atoms with Crippen molar-refractivity contribution in [3.63, 3.8) is 0 Å². The van der Waals surface area contributed by atoms with Gasteiger partial charge in [-0.3, -0.25) is 10.1 Å². The van der Waals surface area contributed by atoms with Crippen molar-refractivity contribution in [1.82, 2.24) is 40.0 Å². The quantitative estimate of drug-likeness (QED) is 0.331. The number of pyridine rings is 3. The summed E-state index contributed by atoms with van der Waals surface area (Å²) in [6.07, 6.45) is 5.12. The maximum atomic E-state index is 13.9. The summed E-state index contributed by atoms with van der Waals surface area (Å²) < 4.78 is 19.7. The molecule has 0 saturated heterocycles. The van der Waals surface area contributed by atoms with Gasteiger partial charge < -0.3 is 14.6 Å². The van der Waals surface area contributed by atoms with Crippen molar-refractivity contribution in [2.75, 3.05) is 27.2 Å². The molecule has 0 radical (unpaired) electrons. The summed E-state index contributed by atoms with van der Waals surface area (Å²) in [6.45, 7) is 1.37. The Hall–Kier alpha value is -4.70. The van der Waals surface area contributed by atoms with Crippen molar-refractivity contribution in [3.8, 4) is 39.7 Å². The van der Waals surface area contributed by atoms with Crippen LogP contribution >= 0.6 is 0 Å². The number of rotatable bonds is 7. The number of aromatic amines is 2. The van der Waals surface area contributed by atoms with E-state index < -0.39 is 0 Å². The van der Waals surface area contributed by atoms with Gasteiger partial charge in [-0.05, 0) is 56.1 Å². The van der Waals surface area contributed by atoms with Crippen molar-refractivity contribution in [1.29, 1.82) is 0 Å². The first-order chi connectivity index (χ1) is 18.0. The number of hydrogen-bond acceptors (Lipinski definition) is 7. The molecule has 6 aromatic rings. The molecule has 0 atom stereocenters. The molecule has 0 unspecified atom stereocenters. The number of nitrogens with one attached hydrogen (secondary N) is 2. The number of nitrogens with zero attached hydrogens (tertiary/aromatic N) is 6. The van der Waals surface area contributed by atoms with Crippen LogP contribution in [0.5, 0.6) is 5.75 Å². The van der Waals surface area contributed by atoms with Crippen LogP contribution in [-0.4, -0.2) is 67.3 Å². The second-order valence-electron chi connectivity index (χ2n) is 8.88. The number of H-pyrrole nitrogens is 2. The normalized spacial score (nSPS) is 11.6. The van der Waals surface area contributed by atoms with E-state index in [1.54, 1.807) is 24.7 Å². The highest BCUT2D eigenvalue weighted by molar-refractivity contribution is 5.94. The molecule has 0 aliphatic heterocycles. The van der Waals surface area contributed by atoms with Gasteiger partial charge in [-0.25, -0.2) is 19.3 Å². The highest BCUT2D eigenvalue weighted by atomic mass is 19.1. The summed E-state index contributed by atoms with van der Waals surface area (Å²) in [5.41, 5.74) is 6.25. The fourth-order valence-electron chi connectivity index (χ4n) is 4.12. The third-order valence-electron chi connectivity index (χ3n) is 5.97. The molecule has 0 aliphatic rings. The van der Waals surface area contributed by atoms with Crippen LogP contribution in [0, 0.1) is 5.82 Å². The van der Waals surface area contributed by atoms with E-state index in [9.17, 15) is 4.39 Å². The van der Waals surface area contributed by atoms with Crippen LogP contribution in [0.4, 0.5) is 4.39 Å². The predicted molar refractivity (Wildman–Crippen MR) is 139 cm³/mol. The molecular weight excluding hydrogens is 471 g/mol. The smallest absolute Gasteiger partial charge is 0.162 e. The first-order valence-electron chi connectivity index (χ1n) is 11.7. The summed E-state index contributed by atoms with van der Waals surface area (Å²) in [6, 6.07) is 14.0. The Morgan fingerprint density at radius 1 is 0.973 bits per heavy atom. The van der Waals surface area contributed by atoms with Crippen LogP contribution in [0.3, 0.4) is 0 Å². The SMILES string of the molecule is CN(C)CCOc1cncc(-c2ccc3[nH]nc(-c4nc5c(-c6cccc(F)c6)ccnc5[nH]4)c3n2)c1. The van der Waals surface area contributed by atoms with E-state index in [2.05, 4.69) is 30.0 Å². The monoisotopic (exact) mass is 494 g/mol. The Kier molecular flexibility index (Phi) is 5.78. The van der Waals surface area contributed by atoms with E-state index in [4.69, 9.17) is 14.7 Å². The van der Waals surface area contributed by atoms with Crippen molar-refractivity contribution >= 4 is 22.2 Å². The van der Waals surface area contributed by atoms with Crippen molar-refractivity contribution in [3.05, 3.63) is 72.9 Å². The Morgan fingerprint density at radius 3 is 2.76 bits per heavy atom. The fraction of sp³-hybridized carbons (Fsp3) is 0.148. The number of benzene rings is 1. The van der Waals surface area contributed by atoms with Gasteiger partial charge in [0.25, 0.3) is 0 Å². The molecule has 37 heavy (non-hydrogen) atoms. The lowest BCUT2D eigenvalue weighted by atomic mass is 10.1. The molecule has 0 amide bonds. The molecule has 1 aromatic carbocycles. The van der Waals surface area contributed by atoms with Crippen LogP contribution in [-0.2, 0) is 0 Å². The number of aromatic nitrogens is 7. The van der Waals surface area contributed by atoms with Gasteiger partial charge in [0.15, 0.2) is 17.2 Å². The van der Waals surface area contributed by atoms with Gasteiger partial charge in [-0.1, -0.05) is 12.1 Å². The van der Waals surface area contributed by atoms with Crippen LogP contribution in [0.2, 0.25) is 0 Å². The predicted octanol–water partition coefficient (Wildman–Crippen LogP) is 4.70.